The molecule has 2 aromatic carbocycles. The molecule has 1 atom stereocenters. The smallest absolute Gasteiger partial charge is 0.307 e. The molecule has 31 heavy (non-hydrogen) atoms. The van der Waals surface area contributed by atoms with E-state index in [-0.39, 0.29) is 30.1 Å². The lowest BCUT2D eigenvalue weighted by Crippen LogP contribution is -2.53. The Morgan fingerprint density at radius 3 is 2.58 bits per heavy atom. The molecule has 0 radical (unpaired) electrons. The van der Waals surface area contributed by atoms with Crippen molar-refractivity contribution >= 4 is 28.6 Å². The van der Waals surface area contributed by atoms with E-state index in [1.807, 2.05) is 47.4 Å². The molecule has 0 spiro atoms. The number of rotatable bonds is 5. The van der Waals surface area contributed by atoms with E-state index < -0.39 is 5.54 Å². The van der Waals surface area contributed by atoms with Gasteiger partial charge in [0.1, 0.15) is 0 Å². The average molecular weight is 424 g/mol. The van der Waals surface area contributed by atoms with Gasteiger partial charge in [0.25, 0.3) is 5.91 Å². The monoisotopic (exact) mass is 424 g/mol. The van der Waals surface area contributed by atoms with E-state index in [1.54, 1.807) is 0 Å². The summed E-state index contributed by atoms with van der Waals surface area (Å²) >= 11 is 0. The number of hydrogen-bond donors (Lipinski definition) is 1. The van der Waals surface area contributed by atoms with Gasteiger partial charge in [0, 0.05) is 31.2 Å². The topological polar surface area (TPSA) is 84.9 Å². The van der Waals surface area contributed by atoms with Crippen LogP contribution in [0.3, 0.4) is 0 Å². The first-order valence-corrected chi connectivity index (χ1v) is 10.7. The SMILES string of the molecule is COC(=O)C[C@]1(NC(=O)C2CCN(C(=O)c3cccc4ccccc34)CC2)CCOC1. The van der Waals surface area contributed by atoms with Crippen LogP contribution in [0.1, 0.15) is 36.0 Å². The van der Waals surface area contributed by atoms with Crippen LogP contribution in [-0.2, 0) is 19.1 Å². The van der Waals surface area contributed by atoms with Crippen LogP contribution in [0.25, 0.3) is 10.8 Å². The Balaban J connectivity index is 1.38. The minimum atomic E-state index is -0.694. The third kappa shape index (κ3) is 4.56. The Kier molecular flexibility index (Phi) is 6.23. The molecule has 2 fully saturated rings. The van der Waals surface area contributed by atoms with Crippen LogP contribution in [0.2, 0.25) is 0 Å². The fourth-order valence-corrected chi connectivity index (χ4v) is 4.53. The lowest BCUT2D eigenvalue weighted by atomic mass is 9.90. The Morgan fingerprint density at radius 1 is 1.13 bits per heavy atom. The highest BCUT2D eigenvalue weighted by atomic mass is 16.5. The summed E-state index contributed by atoms with van der Waals surface area (Å²) in [7, 11) is 1.34. The number of carbonyl (C=O) groups is 3. The summed E-state index contributed by atoms with van der Waals surface area (Å²) in [6.45, 7) is 1.88. The maximum atomic E-state index is 13.1. The molecular formula is C24H28N2O5. The third-order valence-corrected chi connectivity index (χ3v) is 6.38. The number of esters is 1. The Bertz CT molecular complexity index is 970. The summed E-state index contributed by atoms with van der Waals surface area (Å²) in [5.74, 6) is -0.623. The maximum absolute atomic E-state index is 13.1. The minimum absolute atomic E-state index is 0.00186. The summed E-state index contributed by atoms with van der Waals surface area (Å²) in [5, 5.41) is 5.04. The molecule has 1 N–H and O–H groups in total. The van der Waals surface area contributed by atoms with Gasteiger partial charge in [-0.05, 0) is 36.1 Å². The van der Waals surface area contributed by atoms with Gasteiger partial charge in [0.05, 0.1) is 25.7 Å². The van der Waals surface area contributed by atoms with E-state index >= 15 is 0 Å². The Morgan fingerprint density at radius 2 is 1.87 bits per heavy atom. The number of nitrogens with zero attached hydrogens (tertiary/aromatic N) is 1. The first-order chi connectivity index (χ1) is 15.0. The van der Waals surface area contributed by atoms with Crippen LogP contribution in [0.15, 0.2) is 42.5 Å². The van der Waals surface area contributed by atoms with Crippen molar-refractivity contribution in [3.05, 3.63) is 48.0 Å². The molecule has 0 aromatic heterocycles. The van der Waals surface area contributed by atoms with Crippen LogP contribution in [-0.4, -0.2) is 61.6 Å². The van der Waals surface area contributed by atoms with Crippen molar-refractivity contribution < 1.29 is 23.9 Å². The van der Waals surface area contributed by atoms with Gasteiger partial charge in [-0.1, -0.05) is 36.4 Å². The maximum Gasteiger partial charge on any atom is 0.307 e. The Hall–Kier alpha value is -2.93. The van der Waals surface area contributed by atoms with Gasteiger partial charge in [-0.2, -0.15) is 0 Å². The van der Waals surface area contributed by atoms with Gasteiger partial charge in [-0.3, -0.25) is 14.4 Å². The summed E-state index contributed by atoms with van der Waals surface area (Å²) in [5.41, 5.74) is 0.00114. The van der Waals surface area contributed by atoms with Crippen molar-refractivity contribution in [2.24, 2.45) is 5.92 Å². The fraction of sp³-hybridized carbons (Fsp3) is 0.458. The highest BCUT2D eigenvalue weighted by Gasteiger charge is 2.41. The molecule has 0 unspecified atom stereocenters. The van der Waals surface area contributed by atoms with Gasteiger partial charge in [0.2, 0.25) is 5.91 Å². The molecule has 7 nitrogen and oxygen atoms in total. The average Bonchev–Trinajstić information content (AvgIpc) is 3.25. The van der Waals surface area contributed by atoms with Gasteiger partial charge < -0.3 is 19.7 Å². The molecule has 2 heterocycles. The largest absolute Gasteiger partial charge is 0.469 e. The highest BCUT2D eigenvalue weighted by molar-refractivity contribution is 6.07. The van der Waals surface area contributed by atoms with E-state index in [0.717, 1.165) is 10.8 Å². The molecule has 0 aliphatic carbocycles. The quantitative estimate of drug-likeness (QED) is 0.746. The van der Waals surface area contributed by atoms with Crippen LogP contribution in [0, 0.1) is 5.92 Å². The number of hydrogen-bond acceptors (Lipinski definition) is 5. The van der Waals surface area contributed by atoms with Crippen LogP contribution in [0.4, 0.5) is 0 Å². The molecule has 2 amide bonds. The number of likely N-dealkylation sites (tertiary alicyclic amines) is 1. The van der Waals surface area contributed by atoms with E-state index in [0.29, 0.717) is 51.1 Å². The van der Waals surface area contributed by atoms with Crippen molar-refractivity contribution in [2.75, 3.05) is 33.4 Å². The summed E-state index contributed by atoms with van der Waals surface area (Å²) in [6, 6.07) is 13.6. The number of benzene rings is 2. The number of methoxy groups -OCH3 is 1. The van der Waals surface area contributed by atoms with Crippen molar-refractivity contribution in [2.45, 2.75) is 31.2 Å². The molecule has 164 valence electrons. The summed E-state index contributed by atoms with van der Waals surface area (Å²) in [6.07, 6.45) is 1.88. The number of amides is 2. The number of fused-ring (bicyclic) bond motifs is 1. The molecule has 2 aliphatic heterocycles. The highest BCUT2D eigenvalue weighted by Crippen LogP contribution is 2.27. The summed E-state index contributed by atoms with van der Waals surface area (Å²) < 4.78 is 10.2. The van der Waals surface area contributed by atoms with Gasteiger partial charge >= 0.3 is 5.97 Å². The molecule has 7 heteroatoms. The number of ether oxygens (including phenoxy) is 2. The van der Waals surface area contributed by atoms with Crippen molar-refractivity contribution in [1.82, 2.24) is 10.2 Å². The zero-order valence-corrected chi connectivity index (χ0v) is 17.8. The first kappa shape index (κ1) is 21.3. The van der Waals surface area contributed by atoms with Crippen LogP contribution >= 0.6 is 0 Å². The molecule has 0 bridgehead atoms. The second kappa shape index (κ2) is 9.06. The lowest BCUT2D eigenvalue weighted by Gasteiger charge is -2.34. The molecule has 4 rings (SSSR count). The minimum Gasteiger partial charge on any atom is -0.469 e. The molecular weight excluding hydrogens is 396 g/mol. The molecule has 2 aliphatic rings. The standard InChI is InChI=1S/C24H28N2O5/c1-30-21(27)15-24(11-14-31-16-24)25-22(28)18-9-12-26(13-10-18)23(29)20-8-4-6-17-5-2-3-7-19(17)20/h2-8,18H,9-16H2,1H3,(H,25,28)/t24-/m1/s1. The van der Waals surface area contributed by atoms with Crippen LogP contribution in [0.5, 0.6) is 0 Å². The normalized spacial score (nSPS) is 21.8. The second-order valence-corrected chi connectivity index (χ2v) is 8.42. The zero-order chi connectivity index (χ0) is 21.8. The Labute approximate surface area is 181 Å². The molecule has 0 saturated carbocycles. The van der Waals surface area contributed by atoms with E-state index in [4.69, 9.17) is 9.47 Å². The third-order valence-electron chi connectivity index (χ3n) is 6.38. The number of piperidine rings is 1. The zero-order valence-electron chi connectivity index (χ0n) is 17.8. The fourth-order valence-electron chi connectivity index (χ4n) is 4.53. The second-order valence-electron chi connectivity index (χ2n) is 8.42. The van der Waals surface area contributed by atoms with Gasteiger partial charge in [-0.15, -0.1) is 0 Å². The van der Waals surface area contributed by atoms with Crippen LogP contribution < -0.4 is 5.32 Å². The number of nitrogens with one attached hydrogen (secondary N) is 1. The number of carbonyl (C=O) groups excluding carboxylic acids is 3. The predicted octanol–water partition coefficient (Wildman–Crippen LogP) is 2.53. The summed E-state index contributed by atoms with van der Waals surface area (Å²) in [4.78, 5) is 39.7. The van der Waals surface area contributed by atoms with E-state index in [1.165, 1.54) is 7.11 Å². The predicted molar refractivity (Wildman–Crippen MR) is 116 cm³/mol. The molecule has 2 aromatic rings. The lowest BCUT2D eigenvalue weighted by molar-refractivity contribution is -0.143. The van der Waals surface area contributed by atoms with E-state index in [9.17, 15) is 14.4 Å². The van der Waals surface area contributed by atoms with Gasteiger partial charge in [0.15, 0.2) is 0 Å². The van der Waals surface area contributed by atoms with Crippen molar-refractivity contribution in [3.8, 4) is 0 Å². The molecule has 2 saturated heterocycles. The van der Waals surface area contributed by atoms with Gasteiger partial charge in [-0.25, -0.2) is 0 Å². The van der Waals surface area contributed by atoms with Crippen molar-refractivity contribution in [3.63, 3.8) is 0 Å². The first-order valence-electron chi connectivity index (χ1n) is 10.7. The van der Waals surface area contributed by atoms with Crippen molar-refractivity contribution in [1.29, 1.82) is 0 Å². The van der Waals surface area contributed by atoms with E-state index in [2.05, 4.69) is 5.32 Å².